The van der Waals surface area contributed by atoms with E-state index in [4.69, 9.17) is 5.73 Å². The number of nitrogens with one attached hydrogen (secondary N) is 7. The van der Waals surface area contributed by atoms with Gasteiger partial charge in [-0.25, -0.2) is 0 Å². The van der Waals surface area contributed by atoms with Gasteiger partial charge in [0, 0.05) is 134 Å². The van der Waals surface area contributed by atoms with Crippen molar-refractivity contribution in [3.63, 3.8) is 0 Å². The highest BCUT2D eigenvalue weighted by Crippen LogP contribution is 2.34. The number of aliphatic carboxylic acids is 1. The molecule has 7 aromatic rings. The molecule has 0 aliphatic carbocycles. The normalized spacial score (nSPS) is 22.1. The first-order valence-corrected chi connectivity index (χ1v) is 44.8. The van der Waals surface area contributed by atoms with E-state index in [1.807, 2.05) is 6.92 Å². The molecule has 1 fully saturated rings. The summed E-state index contributed by atoms with van der Waals surface area (Å²) in [6, 6.07) is 31.4. The SMILES string of the molecule is CCCC[C@H]1C(=O)N(C)CC(=O)C[C@@H](CC(=O)O)C(=O)C[C@@H](C(C)(C)C)C(=O)N(C)[C@@H](Cc2ccccc2)C(=O)N[C@@H](Cc2ccc(O)cc2)C(=O)N(C)CC(=O)N[C@@H](Cc2c[nH]c3ccccc23)C(=O)N[C@@H](Cc2ccc(O)cc2)C(=O)N[C@@H](CC(C)C)C(=O)N[C@H](C(=O)CCC(N)=O)CSCC(=O)N[C@@H](Cc2ccccc2)C(=O)N(C)[C@@H](Cc2ccccc2)C(=O)N1C. The van der Waals surface area contributed by atoms with Crippen LogP contribution in [0, 0.1) is 23.2 Å². The van der Waals surface area contributed by atoms with Crippen molar-refractivity contribution in [3.8, 4) is 11.5 Å². The third kappa shape index (κ3) is 30.8. The Morgan fingerprint density at radius 3 is 1.50 bits per heavy atom. The maximum Gasteiger partial charge on any atom is 0.304 e. The van der Waals surface area contributed by atoms with Gasteiger partial charge in [0.25, 0.3) is 0 Å². The molecule has 0 unspecified atom stereocenters. The van der Waals surface area contributed by atoms with Crippen molar-refractivity contribution in [1.29, 1.82) is 0 Å². The van der Waals surface area contributed by atoms with Gasteiger partial charge in [0.05, 0.1) is 31.3 Å². The fraction of sp³-hybridized carbons (Fsp3) is 0.443. The van der Waals surface area contributed by atoms with Crippen molar-refractivity contribution < 1.29 is 92.0 Å². The number of hydrogen-bond acceptors (Lipinski definition) is 19. The van der Waals surface area contributed by atoms with Gasteiger partial charge < -0.3 is 82.4 Å². The van der Waals surface area contributed by atoms with Crippen molar-refractivity contribution >= 4 is 117 Å². The molecule has 12 N–H and O–H groups in total. The number of phenolic OH excluding ortho intramolecular Hbond substituents is 2. The summed E-state index contributed by atoms with van der Waals surface area (Å²) in [5.41, 5.74) is 8.17. The van der Waals surface area contributed by atoms with E-state index in [9.17, 15) is 48.9 Å². The Kier molecular flexibility index (Phi) is 38.5. The lowest BCUT2D eigenvalue weighted by atomic mass is 9.74. The van der Waals surface area contributed by atoms with Crippen LogP contribution < -0.4 is 37.6 Å². The Morgan fingerprint density at radius 2 is 0.954 bits per heavy atom. The number of aromatic amines is 1. The maximum absolute atomic E-state index is 15.6. The highest BCUT2D eigenvalue weighted by Gasteiger charge is 2.44. The van der Waals surface area contributed by atoms with Crippen molar-refractivity contribution in [3.05, 3.63) is 203 Å². The smallest absolute Gasteiger partial charge is 0.304 e. The van der Waals surface area contributed by atoms with Crippen LogP contribution in [-0.2, 0) is 115 Å². The molecular formula is C97H123N13O19S. The third-order valence-electron chi connectivity index (χ3n) is 23.2. The molecule has 0 spiro atoms. The molecule has 32 nitrogen and oxygen atoms in total. The van der Waals surface area contributed by atoms with Crippen LogP contribution in [0.15, 0.2) is 170 Å². The fourth-order valence-corrected chi connectivity index (χ4v) is 16.7. The number of unbranched alkanes of at least 4 members (excludes halogenated alkanes) is 1. The lowest BCUT2D eigenvalue weighted by molar-refractivity contribution is -0.151. The van der Waals surface area contributed by atoms with Gasteiger partial charge in [0.2, 0.25) is 70.9 Å². The summed E-state index contributed by atoms with van der Waals surface area (Å²) in [6.07, 6.45) is -1.76. The summed E-state index contributed by atoms with van der Waals surface area (Å²) in [5.74, 6) is -17.8. The second-order valence-electron chi connectivity index (χ2n) is 35.0. The Hall–Kier alpha value is -13.1. The van der Waals surface area contributed by atoms with Crippen LogP contribution in [0.5, 0.6) is 11.5 Å². The van der Waals surface area contributed by atoms with E-state index < -0.39 is 217 Å². The summed E-state index contributed by atoms with van der Waals surface area (Å²) in [4.78, 5) is 245. The van der Waals surface area contributed by atoms with E-state index in [-0.39, 0.29) is 74.5 Å². The van der Waals surface area contributed by atoms with Crippen molar-refractivity contribution in [1.82, 2.24) is 61.4 Å². The highest BCUT2D eigenvalue weighted by molar-refractivity contribution is 8.00. The highest BCUT2D eigenvalue weighted by atomic mass is 32.2. The van der Waals surface area contributed by atoms with Crippen molar-refractivity contribution in [2.45, 2.75) is 192 Å². The quantitative estimate of drug-likeness (QED) is 0.0343. The molecule has 1 saturated heterocycles. The van der Waals surface area contributed by atoms with Crippen molar-refractivity contribution in [2.24, 2.45) is 28.9 Å². The fourth-order valence-electron chi connectivity index (χ4n) is 15.8. The van der Waals surface area contributed by atoms with Gasteiger partial charge in [-0.3, -0.25) is 76.7 Å². The summed E-state index contributed by atoms with van der Waals surface area (Å²) < 4.78 is 0. The van der Waals surface area contributed by atoms with Crippen LogP contribution >= 0.6 is 11.8 Å². The minimum absolute atomic E-state index is 0.0618. The van der Waals surface area contributed by atoms with Gasteiger partial charge in [-0.05, 0) is 87.9 Å². The largest absolute Gasteiger partial charge is 0.508 e. The zero-order valence-corrected chi connectivity index (χ0v) is 76.4. The van der Waals surface area contributed by atoms with E-state index in [2.05, 4.69) is 36.9 Å². The number of carboxylic acid groups (broad SMARTS) is 1. The second-order valence-corrected chi connectivity index (χ2v) is 36.0. The van der Waals surface area contributed by atoms with E-state index >= 15 is 43.2 Å². The van der Waals surface area contributed by atoms with Gasteiger partial charge in [-0.2, -0.15) is 0 Å². The van der Waals surface area contributed by atoms with E-state index in [1.54, 1.807) is 156 Å². The molecule has 0 bridgehead atoms. The van der Waals surface area contributed by atoms with Gasteiger partial charge in [-0.1, -0.05) is 188 Å². The van der Waals surface area contributed by atoms with Gasteiger partial charge in [0.15, 0.2) is 11.6 Å². The van der Waals surface area contributed by atoms with Crippen LogP contribution in [-0.4, -0.2) is 253 Å². The van der Waals surface area contributed by atoms with Crippen LogP contribution in [0.25, 0.3) is 10.9 Å². The molecule has 1 aliphatic heterocycles. The standard InChI is InChI=1S/C97H123N13O19S/c1-12-13-33-79-95(128)106(7)55-69(113)50-65(52-87(119)120)83(115)53-71(97(4,5)6)92(125)109(10)80(48-61-27-19-15-20-28-61)91(124)104-76(47-64-36-40-68(112)41-37-64)93(126)107(8)56-85(117)100-75(51-66-54-99-72-32-24-23-31-70(66)72)90(123)103-74(45-63-34-38-67(111)39-35-63)89(122)102-73(44-59(2)3)88(121)105-78(82(114)42-43-84(98)116)57-130-58-86(118)101-77(46-60-25-17-14-18-26-60)94(127)110(11)81(96(129)108(79)9)49-62-29-21-16-22-30-62/h14-32,34-41,54,59,65,71,73-81,99,111-112H,12-13,33,42-53,55-58H2,1-11H3,(H2,98,116)(H,100,117)(H,101,118)(H,102,122)(H,103,123)(H,104,124)(H,105,121)(H,119,120)/t65-,71+,73-,74-,75-,76-,77-,78-,79-,80-,81-/m0/s1. The number of fused-ring (bicyclic) bond motifs is 1. The number of Topliss-reactive ketones (excluding diaryl/α,β-unsaturated/α-hetero) is 3. The average molecular weight is 1810 g/mol. The number of carbonyl (C=O) groups is 16. The lowest BCUT2D eigenvalue weighted by Gasteiger charge is -2.37. The number of para-hydroxylation sites is 1. The van der Waals surface area contributed by atoms with Gasteiger partial charge >= 0.3 is 5.97 Å². The molecule has 696 valence electrons. The Labute approximate surface area is 762 Å². The first-order chi connectivity index (χ1) is 61.7. The summed E-state index contributed by atoms with van der Waals surface area (Å²) in [7, 11) is 6.72. The number of amides is 12. The predicted molar refractivity (Wildman–Crippen MR) is 490 cm³/mol. The number of primary amides is 1. The molecule has 0 saturated carbocycles. The molecule has 33 heteroatoms. The summed E-state index contributed by atoms with van der Waals surface area (Å²) >= 11 is 0.876. The number of likely N-dealkylation sites (N-methyl/N-ethyl adjacent to an activating group) is 5. The number of aromatic hydroxyl groups is 2. The van der Waals surface area contributed by atoms with Crippen LogP contribution in [0.3, 0.4) is 0 Å². The van der Waals surface area contributed by atoms with Crippen LogP contribution in [0.2, 0.25) is 0 Å². The number of rotatable bonds is 23. The number of benzene rings is 6. The third-order valence-corrected chi connectivity index (χ3v) is 24.2. The molecule has 0 radical (unpaired) electrons. The van der Waals surface area contributed by atoms with E-state index in [0.29, 0.717) is 57.1 Å². The average Bonchev–Trinajstić information content (AvgIpc) is 1.08. The molecular weight excluding hydrogens is 1680 g/mol. The van der Waals surface area contributed by atoms with E-state index in [0.717, 1.165) is 26.5 Å². The molecule has 12 amide bonds. The minimum Gasteiger partial charge on any atom is -0.508 e. The van der Waals surface area contributed by atoms with E-state index in [1.165, 1.54) is 93.6 Å². The zero-order valence-electron chi connectivity index (χ0n) is 75.6. The first-order valence-electron chi connectivity index (χ1n) is 43.7. The minimum atomic E-state index is -1.58. The molecule has 2 heterocycles. The summed E-state index contributed by atoms with van der Waals surface area (Å²) in [5, 5.41) is 48.6. The zero-order chi connectivity index (χ0) is 95.2. The summed E-state index contributed by atoms with van der Waals surface area (Å²) in [6.45, 7) is 8.94. The molecule has 1 aliphatic rings. The number of thioether (sulfide) groups is 1. The van der Waals surface area contributed by atoms with Gasteiger partial charge in [-0.15, -0.1) is 11.8 Å². The maximum atomic E-state index is 15.6. The Balaban J connectivity index is 1.22. The molecule has 130 heavy (non-hydrogen) atoms. The second kappa shape index (κ2) is 48.9. The number of nitrogens with two attached hydrogens (primary N) is 1. The van der Waals surface area contributed by atoms with Crippen molar-refractivity contribution in [2.75, 3.05) is 59.8 Å². The predicted octanol–water partition coefficient (Wildman–Crippen LogP) is 6.13. The number of aromatic nitrogens is 1. The first kappa shape index (κ1) is 102. The van der Waals surface area contributed by atoms with Crippen LogP contribution in [0.1, 0.15) is 133 Å². The Bertz CT molecular complexity index is 5110. The molecule has 1 aromatic heterocycles. The van der Waals surface area contributed by atoms with Crippen LogP contribution in [0.4, 0.5) is 0 Å². The molecule has 11 atom stereocenters. The number of carbonyl (C=O) groups excluding carboxylic acids is 15. The number of nitrogens with zero attached hydrogens (tertiary/aromatic N) is 5. The lowest BCUT2D eigenvalue weighted by Crippen LogP contribution is -2.59. The monoisotopic (exact) mass is 1810 g/mol. The molecule has 8 rings (SSSR count). The number of H-pyrrole nitrogens is 1. The number of phenols is 2. The van der Waals surface area contributed by atoms with Gasteiger partial charge in [0.1, 0.15) is 65.6 Å². The number of carboxylic acids is 1. The Morgan fingerprint density at radius 1 is 0.485 bits per heavy atom. The topological polar surface area (TPSA) is 464 Å². The number of ketones is 3. The molecule has 6 aromatic carbocycles. The number of hydrogen-bond donors (Lipinski definition) is 11.